The average Bonchev–Trinajstić information content (AvgIpc) is 2.40. The Morgan fingerprint density at radius 3 is 2.62 bits per heavy atom. The summed E-state index contributed by atoms with van der Waals surface area (Å²) in [6, 6.07) is 0. The highest BCUT2D eigenvalue weighted by Gasteiger charge is 2.37. The van der Waals surface area contributed by atoms with Gasteiger partial charge < -0.3 is 10.6 Å². The lowest BCUT2D eigenvalue weighted by Crippen LogP contribution is -2.49. The average molecular weight is 237 g/mol. The minimum Gasteiger partial charge on any atom is -0.370 e. The van der Waals surface area contributed by atoms with Crippen LogP contribution in [0.1, 0.15) is 33.1 Å². The molecule has 0 bridgehead atoms. The molecule has 6 heteroatoms. The summed E-state index contributed by atoms with van der Waals surface area (Å²) in [4.78, 5) is 5.97. The van der Waals surface area contributed by atoms with Crippen LogP contribution in [-0.4, -0.2) is 35.7 Å². The fourth-order valence-electron chi connectivity index (χ4n) is 2.13. The van der Waals surface area contributed by atoms with Crippen molar-refractivity contribution in [3.05, 3.63) is 0 Å². The van der Waals surface area contributed by atoms with Crippen LogP contribution in [0, 0.1) is 0 Å². The van der Waals surface area contributed by atoms with Gasteiger partial charge in [-0.15, -0.1) is 0 Å². The maximum atomic E-state index is 12.0. The number of hydrogen-bond donors (Lipinski definition) is 1. The fourth-order valence-corrected chi connectivity index (χ4v) is 2.13. The predicted octanol–water partition coefficient (Wildman–Crippen LogP) is 2.13. The van der Waals surface area contributed by atoms with Crippen LogP contribution in [0.3, 0.4) is 0 Å². The molecule has 0 spiro atoms. The summed E-state index contributed by atoms with van der Waals surface area (Å²) in [7, 11) is 0. The summed E-state index contributed by atoms with van der Waals surface area (Å²) in [5, 5.41) is 0. The van der Waals surface area contributed by atoms with E-state index < -0.39 is 12.6 Å². The van der Waals surface area contributed by atoms with Crippen molar-refractivity contribution in [1.29, 1.82) is 0 Å². The summed E-state index contributed by atoms with van der Waals surface area (Å²) in [5.41, 5.74) is 5.33. The highest BCUT2D eigenvalue weighted by atomic mass is 19.4. The zero-order chi connectivity index (χ0) is 12.4. The summed E-state index contributed by atoms with van der Waals surface area (Å²) in [6.45, 7) is 5.01. The second-order valence-corrected chi connectivity index (χ2v) is 4.38. The van der Waals surface area contributed by atoms with E-state index in [1.807, 2.05) is 18.7 Å². The normalized spacial score (nSPS) is 26.1. The van der Waals surface area contributed by atoms with E-state index in [2.05, 4.69) is 4.99 Å². The number of hydrogen-bond acceptors (Lipinski definition) is 3. The SMILES string of the molecule is CCN1C(N)=NCC1(C)CCCC(F)(F)F. The number of nitrogens with zero attached hydrogens (tertiary/aromatic N) is 2. The van der Waals surface area contributed by atoms with Gasteiger partial charge in [0.2, 0.25) is 0 Å². The molecule has 0 radical (unpaired) electrons. The molecule has 0 aliphatic carbocycles. The van der Waals surface area contributed by atoms with E-state index in [0.29, 0.717) is 25.5 Å². The van der Waals surface area contributed by atoms with Crippen molar-refractivity contribution in [2.75, 3.05) is 13.1 Å². The van der Waals surface area contributed by atoms with Crippen molar-refractivity contribution < 1.29 is 13.2 Å². The Balaban J connectivity index is 2.48. The fraction of sp³-hybridized carbons (Fsp3) is 0.900. The van der Waals surface area contributed by atoms with E-state index >= 15 is 0 Å². The molecule has 0 amide bonds. The molecular formula is C10H18F3N3. The Labute approximate surface area is 93.5 Å². The largest absolute Gasteiger partial charge is 0.389 e. The van der Waals surface area contributed by atoms with Gasteiger partial charge in [-0.25, -0.2) is 0 Å². The molecule has 0 aromatic heterocycles. The quantitative estimate of drug-likeness (QED) is 0.813. The van der Waals surface area contributed by atoms with Gasteiger partial charge in [-0.2, -0.15) is 13.2 Å². The molecule has 0 saturated heterocycles. The third-order valence-electron chi connectivity index (χ3n) is 3.00. The third kappa shape index (κ3) is 3.02. The van der Waals surface area contributed by atoms with Crippen LogP contribution in [0.4, 0.5) is 13.2 Å². The molecule has 0 saturated carbocycles. The lowest BCUT2D eigenvalue weighted by Gasteiger charge is -2.35. The number of rotatable bonds is 4. The standard InChI is InChI=1S/C10H18F3N3/c1-3-16-8(14)15-7-9(16,2)5-4-6-10(11,12)13/h3-7H2,1-2H3,(H2,14,15). The number of nitrogens with two attached hydrogens (primary N) is 1. The number of likely N-dealkylation sites (N-methyl/N-ethyl adjacent to an activating group) is 1. The van der Waals surface area contributed by atoms with Crippen LogP contribution in [0.2, 0.25) is 0 Å². The van der Waals surface area contributed by atoms with Crippen molar-refractivity contribution in [2.24, 2.45) is 10.7 Å². The second kappa shape index (κ2) is 4.51. The summed E-state index contributed by atoms with van der Waals surface area (Å²) in [5.74, 6) is 0.442. The topological polar surface area (TPSA) is 41.6 Å². The van der Waals surface area contributed by atoms with Crippen LogP contribution in [-0.2, 0) is 0 Å². The summed E-state index contributed by atoms with van der Waals surface area (Å²) < 4.78 is 36.1. The molecule has 2 N–H and O–H groups in total. The zero-order valence-corrected chi connectivity index (χ0v) is 9.64. The van der Waals surface area contributed by atoms with E-state index in [9.17, 15) is 13.2 Å². The molecular weight excluding hydrogens is 219 g/mol. The van der Waals surface area contributed by atoms with Gasteiger partial charge in [0.05, 0.1) is 12.1 Å². The highest BCUT2D eigenvalue weighted by Crippen LogP contribution is 2.30. The molecule has 1 aliphatic rings. The number of halogens is 3. The summed E-state index contributed by atoms with van der Waals surface area (Å²) in [6.07, 6.45) is -4.22. The first kappa shape index (κ1) is 13.1. The van der Waals surface area contributed by atoms with Gasteiger partial charge in [0.15, 0.2) is 5.96 Å². The van der Waals surface area contributed by atoms with E-state index in [1.165, 1.54) is 0 Å². The zero-order valence-electron chi connectivity index (χ0n) is 9.64. The van der Waals surface area contributed by atoms with E-state index in [4.69, 9.17) is 5.73 Å². The van der Waals surface area contributed by atoms with Gasteiger partial charge in [0, 0.05) is 13.0 Å². The second-order valence-electron chi connectivity index (χ2n) is 4.38. The minimum atomic E-state index is -4.07. The molecule has 1 unspecified atom stereocenters. The lowest BCUT2D eigenvalue weighted by atomic mass is 9.94. The molecule has 1 heterocycles. The molecule has 0 fully saturated rings. The monoisotopic (exact) mass is 237 g/mol. The molecule has 0 aromatic carbocycles. The first-order chi connectivity index (χ1) is 7.28. The Kier molecular flexibility index (Phi) is 3.70. The lowest BCUT2D eigenvalue weighted by molar-refractivity contribution is -0.136. The molecule has 0 aromatic rings. The third-order valence-corrected chi connectivity index (χ3v) is 3.00. The van der Waals surface area contributed by atoms with E-state index in [1.54, 1.807) is 0 Å². The van der Waals surface area contributed by atoms with Crippen LogP contribution < -0.4 is 5.73 Å². The molecule has 1 atom stereocenters. The first-order valence-corrected chi connectivity index (χ1v) is 5.43. The molecule has 1 aliphatic heterocycles. The van der Waals surface area contributed by atoms with Crippen LogP contribution in [0.25, 0.3) is 0 Å². The van der Waals surface area contributed by atoms with Crippen molar-refractivity contribution in [1.82, 2.24) is 4.90 Å². The van der Waals surface area contributed by atoms with Gasteiger partial charge in [-0.1, -0.05) is 0 Å². The molecule has 94 valence electrons. The van der Waals surface area contributed by atoms with Gasteiger partial charge in [0.25, 0.3) is 0 Å². The van der Waals surface area contributed by atoms with Crippen molar-refractivity contribution in [2.45, 2.75) is 44.8 Å². The Hall–Kier alpha value is -0.940. The minimum absolute atomic E-state index is 0.124. The van der Waals surface area contributed by atoms with Crippen molar-refractivity contribution in [3.63, 3.8) is 0 Å². The Morgan fingerprint density at radius 2 is 2.12 bits per heavy atom. The molecule has 16 heavy (non-hydrogen) atoms. The highest BCUT2D eigenvalue weighted by molar-refractivity contribution is 5.80. The smallest absolute Gasteiger partial charge is 0.370 e. The summed E-state index contributed by atoms with van der Waals surface area (Å²) >= 11 is 0. The maximum absolute atomic E-state index is 12.0. The van der Waals surface area contributed by atoms with Gasteiger partial charge in [0.1, 0.15) is 0 Å². The number of guanidine groups is 1. The van der Waals surface area contributed by atoms with E-state index in [0.717, 1.165) is 0 Å². The molecule has 3 nitrogen and oxygen atoms in total. The predicted molar refractivity (Wildman–Crippen MR) is 57.2 cm³/mol. The first-order valence-electron chi connectivity index (χ1n) is 5.43. The Bertz CT molecular complexity index is 275. The van der Waals surface area contributed by atoms with Crippen molar-refractivity contribution >= 4 is 5.96 Å². The van der Waals surface area contributed by atoms with Crippen LogP contribution in [0.5, 0.6) is 0 Å². The van der Waals surface area contributed by atoms with Gasteiger partial charge >= 0.3 is 6.18 Å². The van der Waals surface area contributed by atoms with Crippen molar-refractivity contribution in [3.8, 4) is 0 Å². The number of alkyl halides is 3. The van der Waals surface area contributed by atoms with Gasteiger partial charge in [-0.3, -0.25) is 4.99 Å². The number of aliphatic imine (C=N–C) groups is 1. The van der Waals surface area contributed by atoms with Crippen LogP contribution >= 0.6 is 0 Å². The maximum Gasteiger partial charge on any atom is 0.389 e. The van der Waals surface area contributed by atoms with Gasteiger partial charge in [-0.05, 0) is 26.7 Å². The molecule has 1 rings (SSSR count). The van der Waals surface area contributed by atoms with E-state index in [-0.39, 0.29) is 12.0 Å². The Morgan fingerprint density at radius 1 is 1.50 bits per heavy atom. The van der Waals surface area contributed by atoms with Crippen LogP contribution in [0.15, 0.2) is 4.99 Å².